The lowest BCUT2D eigenvalue weighted by atomic mass is 9.79. The number of rotatable bonds is 6. The van der Waals surface area contributed by atoms with Gasteiger partial charge in [0.05, 0.1) is 6.10 Å². The van der Waals surface area contributed by atoms with Gasteiger partial charge in [-0.15, -0.1) is 0 Å². The van der Waals surface area contributed by atoms with Crippen molar-refractivity contribution in [1.82, 2.24) is 5.32 Å². The highest BCUT2D eigenvalue weighted by atomic mass is 16.5. The van der Waals surface area contributed by atoms with E-state index in [-0.39, 0.29) is 12.0 Å². The summed E-state index contributed by atoms with van der Waals surface area (Å²) < 4.78 is 5.62. The Bertz CT molecular complexity index is 231. The zero-order valence-corrected chi connectivity index (χ0v) is 10.4. The molecular weight excluding hydrogens is 204 g/mol. The van der Waals surface area contributed by atoms with Crippen LogP contribution in [0, 0.1) is 0 Å². The first-order chi connectivity index (χ1) is 7.64. The normalized spacial score (nSPS) is 30.2. The monoisotopic (exact) mass is 228 g/mol. The van der Waals surface area contributed by atoms with Gasteiger partial charge in [-0.05, 0) is 39.2 Å². The van der Waals surface area contributed by atoms with E-state index in [0.29, 0.717) is 6.61 Å². The summed E-state index contributed by atoms with van der Waals surface area (Å²) in [5, 5.41) is 3.32. The van der Waals surface area contributed by atoms with Crippen LogP contribution >= 0.6 is 0 Å². The molecular formula is C12H24N2O2. The molecule has 0 bridgehead atoms. The summed E-state index contributed by atoms with van der Waals surface area (Å²) >= 11 is 0. The minimum atomic E-state index is -0.534. The Kier molecular flexibility index (Phi) is 5.22. The molecule has 1 fully saturated rings. The summed E-state index contributed by atoms with van der Waals surface area (Å²) in [5.74, 6) is -0.231. The van der Waals surface area contributed by atoms with E-state index in [1.165, 1.54) is 0 Å². The van der Waals surface area contributed by atoms with E-state index in [9.17, 15) is 4.79 Å². The summed E-state index contributed by atoms with van der Waals surface area (Å²) in [6, 6.07) is 0. The third kappa shape index (κ3) is 3.19. The van der Waals surface area contributed by atoms with Gasteiger partial charge in [0.1, 0.15) is 5.54 Å². The molecule has 1 rings (SSSR count). The van der Waals surface area contributed by atoms with Gasteiger partial charge in [0.15, 0.2) is 0 Å². The van der Waals surface area contributed by atoms with Crippen molar-refractivity contribution in [3.8, 4) is 0 Å². The lowest BCUT2D eigenvalue weighted by Crippen LogP contribution is -2.59. The van der Waals surface area contributed by atoms with Crippen LogP contribution in [-0.4, -0.2) is 30.7 Å². The largest absolute Gasteiger partial charge is 0.378 e. The van der Waals surface area contributed by atoms with Crippen molar-refractivity contribution in [2.75, 3.05) is 13.2 Å². The van der Waals surface area contributed by atoms with E-state index in [2.05, 4.69) is 12.2 Å². The van der Waals surface area contributed by atoms with Crippen molar-refractivity contribution in [3.63, 3.8) is 0 Å². The SMILES string of the molecule is CCCNC1(C(N)=O)CCCC(OCC)C1. The molecule has 0 spiro atoms. The second-order valence-corrected chi connectivity index (χ2v) is 4.55. The van der Waals surface area contributed by atoms with Crippen LogP contribution in [0.25, 0.3) is 0 Å². The van der Waals surface area contributed by atoms with Crippen molar-refractivity contribution < 1.29 is 9.53 Å². The molecule has 1 saturated carbocycles. The summed E-state index contributed by atoms with van der Waals surface area (Å²) in [6.07, 6.45) is 4.79. The molecule has 2 unspecified atom stereocenters. The van der Waals surface area contributed by atoms with Crippen LogP contribution in [0.2, 0.25) is 0 Å². The van der Waals surface area contributed by atoms with Gasteiger partial charge in [0.2, 0.25) is 5.91 Å². The van der Waals surface area contributed by atoms with Gasteiger partial charge >= 0.3 is 0 Å². The standard InChI is InChI=1S/C12H24N2O2/c1-3-8-14-12(11(13)15)7-5-6-10(9-12)16-4-2/h10,14H,3-9H2,1-2H3,(H2,13,15). The fraction of sp³-hybridized carbons (Fsp3) is 0.917. The van der Waals surface area contributed by atoms with Gasteiger partial charge in [0, 0.05) is 13.0 Å². The van der Waals surface area contributed by atoms with Crippen molar-refractivity contribution in [2.45, 2.75) is 57.6 Å². The molecule has 1 amide bonds. The summed E-state index contributed by atoms with van der Waals surface area (Å²) in [7, 11) is 0. The number of primary amides is 1. The maximum Gasteiger partial charge on any atom is 0.237 e. The van der Waals surface area contributed by atoms with Crippen LogP contribution < -0.4 is 11.1 Å². The lowest BCUT2D eigenvalue weighted by Gasteiger charge is -2.39. The lowest BCUT2D eigenvalue weighted by molar-refractivity contribution is -0.128. The molecule has 16 heavy (non-hydrogen) atoms. The first-order valence-corrected chi connectivity index (χ1v) is 6.31. The van der Waals surface area contributed by atoms with Gasteiger partial charge in [0.25, 0.3) is 0 Å². The van der Waals surface area contributed by atoms with Crippen molar-refractivity contribution in [3.05, 3.63) is 0 Å². The van der Waals surface area contributed by atoms with E-state index >= 15 is 0 Å². The van der Waals surface area contributed by atoms with Gasteiger partial charge in [-0.25, -0.2) is 0 Å². The smallest absolute Gasteiger partial charge is 0.237 e. The molecule has 4 heteroatoms. The van der Waals surface area contributed by atoms with E-state index < -0.39 is 5.54 Å². The fourth-order valence-corrected chi connectivity index (χ4v) is 2.44. The topological polar surface area (TPSA) is 64.3 Å². The molecule has 94 valence electrons. The first-order valence-electron chi connectivity index (χ1n) is 6.31. The highest BCUT2D eigenvalue weighted by Crippen LogP contribution is 2.30. The number of carbonyl (C=O) groups is 1. The maximum atomic E-state index is 11.6. The Balaban J connectivity index is 2.64. The Morgan fingerprint density at radius 2 is 2.31 bits per heavy atom. The predicted octanol–water partition coefficient (Wildman–Crippen LogP) is 1.19. The highest BCUT2D eigenvalue weighted by Gasteiger charge is 2.41. The zero-order chi connectivity index (χ0) is 12.0. The minimum Gasteiger partial charge on any atom is -0.378 e. The second kappa shape index (κ2) is 6.21. The molecule has 0 heterocycles. The molecule has 3 N–H and O–H groups in total. The Morgan fingerprint density at radius 1 is 1.56 bits per heavy atom. The molecule has 0 aromatic carbocycles. The average molecular weight is 228 g/mol. The van der Waals surface area contributed by atoms with E-state index in [0.717, 1.165) is 38.6 Å². The third-order valence-electron chi connectivity index (χ3n) is 3.29. The number of amides is 1. The second-order valence-electron chi connectivity index (χ2n) is 4.55. The number of nitrogens with two attached hydrogens (primary N) is 1. The number of hydrogen-bond acceptors (Lipinski definition) is 3. The predicted molar refractivity (Wildman–Crippen MR) is 64.1 cm³/mol. The minimum absolute atomic E-state index is 0.176. The number of carbonyl (C=O) groups excluding carboxylic acids is 1. The van der Waals surface area contributed by atoms with Gasteiger partial charge < -0.3 is 15.8 Å². The van der Waals surface area contributed by atoms with Crippen LogP contribution in [0.5, 0.6) is 0 Å². The van der Waals surface area contributed by atoms with Crippen LogP contribution in [0.3, 0.4) is 0 Å². The fourth-order valence-electron chi connectivity index (χ4n) is 2.44. The van der Waals surface area contributed by atoms with Crippen molar-refractivity contribution in [2.24, 2.45) is 5.73 Å². The molecule has 0 saturated heterocycles. The van der Waals surface area contributed by atoms with Crippen molar-refractivity contribution in [1.29, 1.82) is 0 Å². The van der Waals surface area contributed by atoms with Crippen LogP contribution in [0.15, 0.2) is 0 Å². The summed E-state index contributed by atoms with van der Waals surface area (Å²) in [6.45, 7) is 5.61. The molecule has 4 nitrogen and oxygen atoms in total. The number of ether oxygens (including phenoxy) is 1. The van der Waals surface area contributed by atoms with Gasteiger partial charge in [-0.1, -0.05) is 6.92 Å². The summed E-state index contributed by atoms with van der Waals surface area (Å²) in [4.78, 5) is 11.6. The average Bonchev–Trinajstić information content (AvgIpc) is 2.27. The Hall–Kier alpha value is -0.610. The van der Waals surface area contributed by atoms with Gasteiger partial charge in [-0.2, -0.15) is 0 Å². The van der Waals surface area contributed by atoms with Gasteiger partial charge in [-0.3, -0.25) is 4.79 Å². The van der Waals surface area contributed by atoms with E-state index in [4.69, 9.17) is 10.5 Å². The van der Waals surface area contributed by atoms with Crippen LogP contribution in [0.4, 0.5) is 0 Å². The molecule has 0 aliphatic heterocycles. The molecule has 1 aliphatic carbocycles. The highest BCUT2D eigenvalue weighted by molar-refractivity contribution is 5.84. The third-order valence-corrected chi connectivity index (χ3v) is 3.29. The maximum absolute atomic E-state index is 11.6. The molecule has 1 aliphatic rings. The molecule has 0 aromatic heterocycles. The Labute approximate surface area is 97.9 Å². The van der Waals surface area contributed by atoms with E-state index in [1.54, 1.807) is 0 Å². The van der Waals surface area contributed by atoms with E-state index in [1.807, 2.05) is 6.92 Å². The number of hydrogen-bond donors (Lipinski definition) is 2. The molecule has 2 atom stereocenters. The van der Waals surface area contributed by atoms with Crippen LogP contribution in [0.1, 0.15) is 46.0 Å². The zero-order valence-electron chi connectivity index (χ0n) is 10.4. The number of nitrogens with one attached hydrogen (secondary N) is 1. The Morgan fingerprint density at radius 3 is 2.88 bits per heavy atom. The van der Waals surface area contributed by atoms with Crippen LogP contribution in [-0.2, 0) is 9.53 Å². The summed E-state index contributed by atoms with van der Waals surface area (Å²) in [5.41, 5.74) is 5.01. The first kappa shape index (κ1) is 13.5. The molecule has 0 radical (unpaired) electrons. The molecule has 0 aromatic rings. The van der Waals surface area contributed by atoms with Crippen molar-refractivity contribution >= 4 is 5.91 Å². The quantitative estimate of drug-likeness (QED) is 0.717.